The monoisotopic (exact) mass is 258 g/mol. The van der Waals surface area contributed by atoms with Crippen LogP contribution in [0.15, 0.2) is 0 Å². The number of nitrogens with two attached hydrogens (primary N) is 1. The van der Waals surface area contributed by atoms with E-state index in [1.807, 2.05) is 20.8 Å². The Kier molecular flexibility index (Phi) is 5.41. The van der Waals surface area contributed by atoms with Gasteiger partial charge in [-0.25, -0.2) is 10.7 Å². The third-order valence-electron chi connectivity index (χ3n) is 3.28. The van der Waals surface area contributed by atoms with E-state index in [9.17, 15) is 4.79 Å². The summed E-state index contributed by atoms with van der Waals surface area (Å²) in [6, 6.07) is 0. The van der Waals surface area contributed by atoms with Crippen molar-refractivity contribution in [2.75, 3.05) is 6.61 Å². The van der Waals surface area contributed by atoms with Crippen LogP contribution in [0.4, 0.5) is 4.79 Å². The van der Waals surface area contributed by atoms with Crippen molar-refractivity contribution in [2.24, 2.45) is 5.90 Å². The Hall–Kier alpha value is -0.810. The van der Waals surface area contributed by atoms with Gasteiger partial charge in [-0.1, -0.05) is 19.3 Å². The Morgan fingerprint density at radius 3 is 2.39 bits per heavy atom. The highest BCUT2D eigenvalue weighted by Gasteiger charge is 2.34. The zero-order chi connectivity index (χ0) is 13.6. The fourth-order valence-electron chi connectivity index (χ4n) is 2.44. The van der Waals surface area contributed by atoms with Crippen molar-refractivity contribution >= 4 is 6.09 Å². The molecule has 1 aliphatic carbocycles. The molecule has 1 aliphatic rings. The lowest BCUT2D eigenvalue weighted by Crippen LogP contribution is -2.51. The highest BCUT2D eigenvalue weighted by Crippen LogP contribution is 2.31. The van der Waals surface area contributed by atoms with Crippen molar-refractivity contribution in [1.82, 2.24) is 5.32 Å². The largest absolute Gasteiger partial charge is 0.444 e. The van der Waals surface area contributed by atoms with Crippen molar-refractivity contribution in [1.29, 1.82) is 0 Å². The summed E-state index contributed by atoms with van der Waals surface area (Å²) in [5, 5.41) is 3.03. The molecular weight excluding hydrogens is 232 g/mol. The topological polar surface area (TPSA) is 73.6 Å². The number of rotatable bonds is 4. The first-order valence-corrected chi connectivity index (χ1v) is 6.70. The normalized spacial score (nSPS) is 19.3. The standard InChI is InChI=1S/C13H26N2O3/c1-12(2,3)18-11(16)15-13(9-10-17-14)7-5-4-6-8-13/h4-10,14H2,1-3H3,(H,15,16). The molecule has 0 heterocycles. The van der Waals surface area contributed by atoms with Crippen LogP contribution in [0.1, 0.15) is 59.3 Å². The van der Waals surface area contributed by atoms with Crippen LogP contribution in [0.3, 0.4) is 0 Å². The zero-order valence-electron chi connectivity index (χ0n) is 11.8. The lowest BCUT2D eigenvalue weighted by atomic mass is 9.79. The van der Waals surface area contributed by atoms with Gasteiger partial charge < -0.3 is 14.9 Å². The molecule has 1 rings (SSSR count). The Morgan fingerprint density at radius 2 is 1.89 bits per heavy atom. The molecular formula is C13H26N2O3. The predicted molar refractivity (Wildman–Crippen MR) is 69.9 cm³/mol. The summed E-state index contributed by atoms with van der Waals surface area (Å²) >= 11 is 0. The molecule has 5 nitrogen and oxygen atoms in total. The van der Waals surface area contributed by atoms with E-state index < -0.39 is 5.60 Å². The van der Waals surface area contributed by atoms with Crippen LogP contribution in [0, 0.1) is 0 Å². The Morgan fingerprint density at radius 1 is 1.28 bits per heavy atom. The highest BCUT2D eigenvalue weighted by molar-refractivity contribution is 5.68. The minimum Gasteiger partial charge on any atom is -0.444 e. The first-order valence-electron chi connectivity index (χ1n) is 6.70. The maximum Gasteiger partial charge on any atom is 0.408 e. The second-order valence-electron chi connectivity index (χ2n) is 6.09. The van der Waals surface area contributed by atoms with Gasteiger partial charge in [0, 0.05) is 5.54 Å². The third-order valence-corrected chi connectivity index (χ3v) is 3.28. The first-order chi connectivity index (χ1) is 8.37. The third kappa shape index (κ3) is 5.23. The summed E-state index contributed by atoms with van der Waals surface area (Å²) < 4.78 is 5.32. The lowest BCUT2D eigenvalue weighted by Gasteiger charge is -2.38. The van der Waals surface area contributed by atoms with Gasteiger partial charge in [0.2, 0.25) is 0 Å². The van der Waals surface area contributed by atoms with Crippen LogP contribution in [-0.4, -0.2) is 23.8 Å². The molecule has 0 atom stereocenters. The molecule has 18 heavy (non-hydrogen) atoms. The van der Waals surface area contributed by atoms with E-state index in [4.69, 9.17) is 10.6 Å². The summed E-state index contributed by atoms with van der Waals surface area (Å²) in [5.74, 6) is 5.09. The van der Waals surface area contributed by atoms with E-state index >= 15 is 0 Å². The van der Waals surface area contributed by atoms with Crippen LogP contribution in [0.25, 0.3) is 0 Å². The van der Waals surface area contributed by atoms with Gasteiger partial charge in [0.1, 0.15) is 5.60 Å². The maximum absolute atomic E-state index is 11.9. The van der Waals surface area contributed by atoms with Crippen molar-refractivity contribution in [3.05, 3.63) is 0 Å². The molecule has 0 unspecified atom stereocenters. The number of ether oxygens (including phenoxy) is 1. The molecule has 0 aromatic rings. The summed E-state index contributed by atoms with van der Waals surface area (Å²) in [5.41, 5.74) is -0.676. The van der Waals surface area contributed by atoms with E-state index in [2.05, 4.69) is 10.2 Å². The minimum atomic E-state index is -0.468. The fraction of sp³-hybridized carbons (Fsp3) is 0.923. The average molecular weight is 258 g/mol. The SMILES string of the molecule is CC(C)(C)OC(=O)NC1(CCON)CCCCC1. The molecule has 106 valence electrons. The van der Waals surface area contributed by atoms with E-state index in [0.717, 1.165) is 32.1 Å². The van der Waals surface area contributed by atoms with Gasteiger partial charge in [-0.15, -0.1) is 0 Å². The number of carbonyl (C=O) groups excluding carboxylic acids is 1. The molecule has 5 heteroatoms. The maximum atomic E-state index is 11.9. The van der Waals surface area contributed by atoms with Crippen molar-refractivity contribution < 1.29 is 14.4 Å². The molecule has 1 amide bonds. The van der Waals surface area contributed by atoms with Crippen LogP contribution in [-0.2, 0) is 9.57 Å². The van der Waals surface area contributed by atoms with Crippen molar-refractivity contribution in [2.45, 2.75) is 70.4 Å². The van der Waals surface area contributed by atoms with Gasteiger partial charge in [-0.3, -0.25) is 0 Å². The molecule has 0 aliphatic heterocycles. The fourth-order valence-corrected chi connectivity index (χ4v) is 2.44. The number of carbonyl (C=O) groups is 1. The number of nitrogens with one attached hydrogen (secondary N) is 1. The van der Waals surface area contributed by atoms with E-state index in [0.29, 0.717) is 6.61 Å². The summed E-state index contributed by atoms with van der Waals surface area (Å²) in [4.78, 5) is 16.5. The Bertz CT molecular complexity index is 268. The molecule has 0 aromatic carbocycles. The molecule has 1 fully saturated rings. The second-order valence-corrected chi connectivity index (χ2v) is 6.09. The quantitative estimate of drug-likeness (QED) is 0.760. The van der Waals surface area contributed by atoms with Crippen LogP contribution in [0.2, 0.25) is 0 Å². The number of hydrogen-bond acceptors (Lipinski definition) is 4. The van der Waals surface area contributed by atoms with Gasteiger partial charge in [-0.05, 0) is 40.0 Å². The van der Waals surface area contributed by atoms with E-state index in [1.165, 1.54) is 6.42 Å². The van der Waals surface area contributed by atoms with Gasteiger partial charge in [0.25, 0.3) is 0 Å². The molecule has 3 N–H and O–H groups in total. The molecule has 0 saturated heterocycles. The van der Waals surface area contributed by atoms with Crippen LogP contribution in [0.5, 0.6) is 0 Å². The number of amides is 1. The highest BCUT2D eigenvalue weighted by atomic mass is 16.6. The van der Waals surface area contributed by atoms with Crippen LogP contribution < -0.4 is 11.2 Å². The molecule has 0 bridgehead atoms. The van der Waals surface area contributed by atoms with Gasteiger partial charge >= 0.3 is 6.09 Å². The lowest BCUT2D eigenvalue weighted by molar-refractivity contribution is 0.0362. The van der Waals surface area contributed by atoms with Crippen molar-refractivity contribution in [3.63, 3.8) is 0 Å². The molecule has 0 aromatic heterocycles. The number of hydrogen-bond donors (Lipinski definition) is 2. The number of alkyl carbamates (subject to hydrolysis) is 1. The summed E-state index contributed by atoms with van der Waals surface area (Å²) in [6.07, 6.45) is 5.80. The van der Waals surface area contributed by atoms with Gasteiger partial charge in [-0.2, -0.15) is 0 Å². The molecule has 0 radical (unpaired) electrons. The first kappa shape index (κ1) is 15.2. The predicted octanol–water partition coefficient (Wildman–Crippen LogP) is 2.49. The van der Waals surface area contributed by atoms with Crippen molar-refractivity contribution in [3.8, 4) is 0 Å². The zero-order valence-corrected chi connectivity index (χ0v) is 11.8. The summed E-state index contributed by atoms with van der Waals surface area (Å²) in [6.45, 7) is 6.05. The molecule has 1 saturated carbocycles. The second kappa shape index (κ2) is 6.38. The summed E-state index contributed by atoms with van der Waals surface area (Å²) in [7, 11) is 0. The van der Waals surface area contributed by atoms with E-state index in [1.54, 1.807) is 0 Å². The minimum absolute atomic E-state index is 0.208. The Balaban J connectivity index is 2.57. The Labute approximate surface area is 109 Å². The molecule has 0 spiro atoms. The van der Waals surface area contributed by atoms with Crippen LogP contribution >= 0.6 is 0 Å². The average Bonchev–Trinajstić information content (AvgIpc) is 2.25. The van der Waals surface area contributed by atoms with Gasteiger partial charge in [0.15, 0.2) is 0 Å². The van der Waals surface area contributed by atoms with Gasteiger partial charge in [0.05, 0.1) is 6.61 Å². The van der Waals surface area contributed by atoms with E-state index in [-0.39, 0.29) is 11.6 Å². The smallest absolute Gasteiger partial charge is 0.408 e.